The summed E-state index contributed by atoms with van der Waals surface area (Å²) in [5.74, 6) is -0.0983. The van der Waals surface area contributed by atoms with Crippen LogP contribution in [0.3, 0.4) is 0 Å². The maximum atomic E-state index is 13.9. The Kier molecular flexibility index (Phi) is 7.59. The fraction of sp³-hybridized carbons (Fsp3) is 0.367. The van der Waals surface area contributed by atoms with Gasteiger partial charge < -0.3 is 9.80 Å². The van der Waals surface area contributed by atoms with Crippen molar-refractivity contribution in [3.8, 4) is 0 Å². The largest absolute Gasteiger partial charge is 0.372 e. The van der Waals surface area contributed by atoms with Crippen LogP contribution in [-0.4, -0.2) is 41.6 Å². The minimum absolute atomic E-state index is 0.0983. The first-order valence-corrected chi connectivity index (χ1v) is 14.4. The molecule has 0 unspecified atom stereocenters. The molecule has 2 aliphatic rings. The number of hydrogen-bond donors (Lipinski definition) is 0. The van der Waals surface area contributed by atoms with E-state index in [4.69, 9.17) is 16.6 Å². The van der Waals surface area contributed by atoms with Crippen LogP contribution in [0.2, 0.25) is 5.02 Å². The van der Waals surface area contributed by atoms with Crippen molar-refractivity contribution in [3.63, 3.8) is 0 Å². The second-order valence-electron chi connectivity index (χ2n) is 9.85. The highest BCUT2D eigenvalue weighted by Crippen LogP contribution is 2.32. The van der Waals surface area contributed by atoms with Crippen molar-refractivity contribution in [1.82, 2.24) is 9.47 Å². The molecule has 1 fully saturated rings. The monoisotopic (exact) mass is 548 g/mol. The molecule has 2 aliphatic heterocycles. The molecule has 38 heavy (non-hydrogen) atoms. The molecule has 0 spiro atoms. The summed E-state index contributed by atoms with van der Waals surface area (Å²) in [6, 6.07) is 13.2. The molecule has 8 heteroatoms. The standard InChI is InChI=1S/C30H33ClN4O2S/c1-5-33(6-2)29(37)26-20(4)32-30-35(27(26)21-9-12-23(31)13-10-21)28(36)25(38-30)18-22-11-14-24(17-19(22)3)34-15-7-8-16-34/h9-14,17-18,27H,5-8,15-16H2,1-4H3/b25-18-/t27-/m0/s1. The summed E-state index contributed by atoms with van der Waals surface area (Å²) in [7, 11) is 0. The van der Waals surface area contributed by atoms with Crippen LogP contribution >= 0.6 is 22.9 Å². The van der Waals surface area contributed by atoms with Crippen molar-refractivity contribution < 1.29 is 4.79 Å². The Bertz CT molecular complexity index is 1580. The third-order valence-corrected chi connectivity index (χ3v) is 8.73. The number of likely N-dealkylation sites (N-methyl/N-ethyl adjacent to an activating group) is 1. The molecular weight excluding hydrogens is 516 g/mol. The zero-order valence-electron chi connectivity index (χ0n) is 22.3. The maximum Gasteiger partial charge on any atom is 0.271 e. The molecule has 0 radical (unpaired) electrons. The number of benzene rings is 2. The normalized spacial score (nSPS) is 17.6. The number of aromatic nitrogens is 1. The van der Waals surface area contributed by atoms with Gasteiger partial charge in [0.25, 0.3) is 11.5 Å². The first-order chi connectivity index (χ1) is 18.3. The Balaban J connectivity index is 1.64. The quantitative estimate of drug-likeness (QED) is 0.450. The molecule has 6 nitrogen and oxygen atoms in total. The molecule has 0 N–H and O–H groups in total. The fourth-order valence-electron chi connectivity index (χ4n) is 5.37. The van der Waals surface area contributed by atoms with Crippen LogP contribution in [-0.2, 0) is 4.79 Å². The number of anilines is 1. The van der Waals surface area contributed by atoms with Crippen molar-refractivity contribution >= 4 is 40.6 Å². The van der Waals surface area contributed by atoms with Gasteiger partial charge in [0.2, 0.25) is 0 Å². The molecule has 1 amide bonds. The number of carbonyl (C=O) groups excluding carboxylic acids is 1. The average molecular weight is 549 g/mol. The summed E-state index contributed by atoms with van der Waals surface area (Å²) in [6.45, 7) is 11.2. The van der Waals surface area contributed by atoms with E-state index >= 15 is 0 Å². The Morgan fingerprint density at radius 1 is 1.11 bits per heavy atom. The van der Waals surface area contributed by atoms with E-state index < -0.39 is 6.04 Å². The highest BCUT2D eigenvalue weighted by Gasteiger charge is 2.34. The maximum absolute atomic E-state index is 13.9. The molecule has 198 valence electrons. The summed E-state index contributed by atoms with van der Waals surface area (Å²) in [5, 5.41) is 0.603. The molecule has 3 heterocycles. The number of allylic oxidation sites excluding steroid dienone is 1. The van der Waals surface area contributed by atoms with E-state index in [-0.39, 0.29) is 11.5 Å². The SMILES string of the molecule is CCN(CC)C(=O)C1=C(C)N=c2s/c(=C\c3ccc(N4CCCC4)cc3C)c(=O)n2[C@H]1c1ccc(Cl)cc1. The summed E-state index contributed by atoms with van der Waals surface area (Å²) in [6.07, 6.45) is 4.42. The highest BCUT2D eigenvalue weighted by molar-refractivity contribution is 7.07. The van der Waals surface area contributed by atoms with E-state index in [1.54, 1.807) is 21.6 Å². The van der Waals surface area contributed by atoms with Gasteiger partial charge in [-0.15, -0.1) is 0 Å². The first kappa shape index (κ1) is 26.4. The molecular formula is C30H33ClN4O2S. The summed E-state index contributed by atoms with van der Waals surface area (Å²) >= 11 is 7.55. The number of halogens is 1. The topological polar surface area (TPSA) is 57.9 Å². The summed E-state index contributed by atoms with van der Waals surface area (Å²) in [4.78, 5) is 37.2. The van der Waals surface area contributed by atoms with Gasteiger partial charge in [0.05, 0.1) is 21.8 Å². The number of thiazole rings is 1. The molecule has 1 aromatic heterocycles. The number of aryl methyl sites for hydroxylation is 1. The number of fused-ring (bicyclic) bond motifs is 1. The lowest BCUT2D eigenvalue weighted by atomic mass is 9.94. The van der Waals surface area contributed by atoms with Gasteiger partial charge in [-0.2, -0.15) is 0 Å². The molecule has 0 bridgehead atoms. The number of rotatable bonds is 6. The third-order valence-electron chi connectivity index (χ3n) is 7.50. The zero-order chi connectivity index (χ0) is 27.0. The lowest BCUT2D eigenvalue weighted by Gasteiger charge is -2.29. The number of hydrogen-bond acceptors (Lipinski definition) is 5. The molecule has 1 atom stereocenters. The van der Waals surface area contributed by atoms with E-state index in [1.165, 1.54) is 29.9 Å². The summed E-state index contributed by atoms with van der Waals surface area (Å²) < 4.78 is 2.28. The predicted molar refractivity (Wildman–Crippen MR) is 156 cm³/mol. The van der Waals surface area contributed by atoms with E-state index in [1.807, 2.05) is 39.0 Å². The smallest absolute Gasteiger partial charge is 0.271 e. The first-order valence-electron chi connectivity index (χ1n) is 13.2. The van der Waals surface area contributed by atoms with E-state index in [2.05, 4.69) is 30.0 Å². The Hall–Kier alpha value is -3.16. The Morgan fingerprint density at radius 3 is 2.42 bits per heavy atom. The Morgan fingerprint density at radius 2 is 1.79 bits per heavy atom. The van der Waals surface area contributed by atoms with Gasteiger partial charge in [0.1, 0.15) is 0 Å². The lowest BCUT2D eigenvalue weighted by Crippen LogP contribution is -2.43. The molecule has 1 saturated heterocycles. The zero-order valence-corrected chi connectivity index (χ0v) is 23.9. The average Bonchev–Trinajstić information content (AvgIpc) is 3.54. The fourth-order valence-corrected chi connectivity index (χ4v) is 6.54. The second-order valence-corrected chi connectivity index (χ2v) is 11.3. The van der Waals surface area contributed by atoms with Crippen LogP contribution in [0.25, 0.3) is 6.08 Å². The number of carbonyl (C=O) groups is 1. The highest BCUT2D eigenvalue weighted by atomic mass is 35.5. The van der Waals surface area contributed by atoms with Crippen LogP contribution < -0.4 is 19.8 Å². The van der Waals surface area contributed by atoms with Gasteiger partial charge >= 0.3 is 0 Å². The minimum Gasteiger partial charge on any atom is -0.372 e. The van der Waals surface area contributed by atoms with E-state index in [0.29, 0.717) is 38.7 Å². The van der Waals surface area contributed by atoms with Crippen molar-refractivity contribution in [3.05, 3.63) is 95.1 Å². The third kappa shape index (κ3) is 4.85. The van der Waals surface area contributed by atoms with Gasteiger partial charge in [0.15, 0.2) is 4.80 Å². The van der Waals surface area contributed by atoms with Crippen molar-refractivity contribution in [1.29, 1.82) is 0 Å². The molecule has 0 aliphatic carbocycles. The van der Waals surface area contributed by atoms with Crippen molar-refractivity contribution in [2.45, 2.75) is 46.6 Å². The Labute approximate surface area is 232 Å². The lowest BCUT2D eigenvalue weighted by molar-refractivity contribution is -0.127. The van der Waals surface area contributed by atoms with Gasteiger partial charge in [-0.25, -0.2) is 4.99 Å². The van der Waals surface area contributed by atoms with Crippen LogP contribution in [0.5, 0.6) is 0 Å². The number of nitrogens with zero attached hydrogens (tertiary/aromatic N) is 4. The van der Waals surface area contributed by atoms with Crippen molar-refractivity contribution in [2.75, 3.05) is 31.1 Å². The second kappa shape index (κ2) is 10.9. The van der Waals surface area contributed by atoms with Gasteiger partial charge in [-0.1, -0.05) is 41.1 Å². The molecule has 2 aromatic carbocycles. The van der Waals surface area contributed by atoms with Crippen molar-refractivity contribution in [2.24, 2.45) is 4.99 Å². The molecule has 5 rings (SSSR count). The molecule has 3 aromatic rings. The summed E-state index contributed by atoms with van der Waals surface area (Å²) in [5.41, 5.74) is 5.23. The van der Waals surface area contributed by atoms with Crippen LogP contribution in [0, 0.1) is 6.92 Å². The van der Waals surface area contributed by atoms with Crippen LogP contribution in [0.1, 0.15) is 56.3 Å². The van der Waals surface area contributed by atoms with Gasteiger partial charge in [-0.05, 0) is 87.6 Å². The van der Waals surface area contributed by atoms with Crippen LogP contribution in [0.4, 0.5) is 5.69 Å². The van der Waals surface area contributed by atoms with E-state index in [0.717, 1.165) is 29.8 Å². The van der Waals surface area contributed by atoms with Crippen LogP contribution in [0.15, 0.2) is 63.5 Å². The minimum atomic E-state index is -0.572. The predicted octanol–water partition coefficient (Wildman–Crippen LogP) is 4.67. The van der Waals surface area contributed by atoms with E-state index in [9.17, 15) is 9.59 Å². The molecule has 0 saturated carbocycles. The van der Waals surface area contributed by atoms with Gasteiger partial charge in [-0.3, -0.25) is 14.2 Å². The van der Waals surface area contributed by atoms with Gasteiger partial charge in [0, 0.05) is 36.9 Å². The number of amides is 1.